The van der Waals surface area contributed by atoms with E-state index in [-0.39, 0.29) is 21.9 Å². The van der Waals surface area contributed by atoms with Gasteiger partial charge in [0.1, 0.15) is 11.8 Å². The second-order valence-corrected chi connectivity index (χ2v) is 4.44. The summed E-state index contributed by atoms with van der Waals surface area (Å²) in [5, 5.41) is 9.53. The highest BCUT2D eigenvalue weighted by molar-refractivity contribution is 6.42. The Bertz CT molecular complexity index is 677. The van der Waals surface area contributed by atoms with Gasteiger partial charge >= 0.3 is 5.97 Å². The molecule has 0 atom stereocenters. The normalized spacial score (nSPS) is 9.74. The van der Waals surface area contributed by atoms with E-state index in [9.17, 15) is 4.79 Å². The number of hydrogen-bond donors (Lipinski definition) is 0. The fraction of sp³-hybridized carbons (Fsp3) is 0. The van der Waals surface area contributed by atoms with Crippen molar-refractivity contribution in [1.29, 1.82) is 5.26 Å². The maximum atomic E-state index is 11.9. The topological polar surface area (TPSA) is 50.1 Å². The standard InChI is InChI=1S/C14H7Cl2NO2/c15-11-6-5-9(7-12(11)16)14(18)19-13-4-2-1-3-10(13)8-17/h1-7H. The lowest BCUT2D eigenvalue weighted by Gasteiger charge is -2.06. The van der Waals surface area contributed by atoms with Crippen molar-refractivity contribution in [3.63, 3.8) is 0 Å². The lowest BCUT2D eigenvalue weighted by atomic mass is 10.2. The third kappa shape index (κ3) is 3.05. The fourth-order valence-electron chi connectivity index (χ4n) is 1.43. The minimum Gasteiger partial charge on any atom is -0.422 e. The molecule has 94 valence electrons. The van der Waals surface area contributed by atoms with Crippen LogP contribution >= 0.6 is 23.2 Å². The SMILES string of the molecule is N#Cc1ccccc1OC(=O)c1ccc(Cl)c(Cl)c1. The van der Waals surface area contributed by atoms with Gasteiger partial charge in [-0.3, -0.25) is 0 Å². The number of nitrogens with zero attached hydrogens (tertiary/aromatic N) is 1. The molecule has 0 aromatic heterocycles. The summed E-state index contributed by atoms with van der Waals surface area (Å²) >= 11 is 11.6. The van der Waals surface area contributed by atoms with Gasteiger partial charge in [0.15, 0.2) is 0 Å². The summed E-state index contributed by atoms with van der Waals surface area (Å²) in [6.45, 7) is 0. The highest BCUT2D eigenvalue weighted by atomic mass is 35.5. The third-order valence-corrected chi connectivity index (χ3v) is 3.10. The Labute approximate surface area is 119 Å². The quantitative estimate of drug-likeness (QED) is 0.619. The van der Waals surface area contributed by atoms with Gasteiger partial charge in [-0.25, -0.2) is 4.79 Å². The van der Waals surface area contributed by atoms with Crippen LogP contribution in [-0.2, 0) is 0 Å². The molecular formula is C14H7Cl2NO2. The molecule has 0 N–H and O–H groups in total. The Morgan fingerprint density at radius 3 is 2.53 bits per heavy atom. The van der Waals surface area contributed by atoms with Gasteiger partial charge in [0.25, 0.3) is 0 Å². The number of nitriles is 1. The number of benzene rings is 2. The van der Waals surface area contributed by atoms with E-state index >= 15 is 0 Å². The van der Waals surface area contributed by atoms with E-state index in [1.807, 2.05) is 6.07 Å². The van der Waals surface area contributed by atoms with Gasteiger partial charge in [0.05, 0.1) is 21.2 Å². The number of rotatable bonds is 2. The molecule has 0 aliphatic rings. The second kappa shape index (κ2) is 5.75. The third-order valence-electron chi connectivity index (χ3n) is 2.37. The first-order chi connectivity index (χ1) is 9.11. The van der Waals surface area contributed by atoms with Gasteiger partial charge in [-0.15, -0.1) is 0 Å². The molecule has 2 aromatic carbocycles. The van der Waals surface area contributed by atoms with Crippen LogP contribution in [0.5, 0.6) is 5.75 Å². The molecule has 0 aliphatic heterocycles. The van der Waals surface area contributed by atoms with Gasteiger partial charge in [-0.2, -0.15) is 5.26 Å². The van der Waals surface area contributed by atoms with E-state index in [4.69, 9.17) is 33.2 Å². The van der Waals surface area contributed by atoms with E-state index in [0.29, 0.717) is 5.02 Å². The van der Waals surface area contributed by atoms with E-state index in [2.05, 4.69) is 0 Å². The van der Waals surface area contributed by atoms with Gasteiger partial charge in [0.2, 0.25) is 0 Å². The summed E-state index contributed by atoms with van der Waals surface area (Å²) in [5.41, 5.74) is 0.554. The van der Waals surface area contributed by atoms with E-state index < -0.39 is 5.97 Å². The summed E-state index contributed by atoms with van der Waals surface area (Å²) in [6.07, 6.45) is 0. The fourth-order valence-corrected chi connectivity index (χ4v) is 1.73. The highest BCUT2D eigenvalue weighted by Gasteiger charge is 2.12. The first-order valence-corrected chi connectivity index (χ1v) is 6.04. The summed E-state index contributed by atoms with van der Waals surface area (Å²) in [4.78, 5) is 11.9. The monoisotopic (exact) mass is 291 g/mol. The smallest absolute Gasteiger partial charge is 0.343 e. The number of ether oxygens (including phenoxy) is 1. The van der Waals surface area contributed by atoms with Crippen molar-refractivity contribution in [3.8, 4) is 11.8 Å². The van der Waals surface area contributed by atoms with Crippen molar-refractivity contribution < 1.29 is 9.53 Å². The van der Waals surface area contributed by atoms with Crippen LogP contribution in [0, 0.1) is 11.3 Å². The molecule has 0 heterocycles. The molecule has 5 heteroatoms. The van der Waals surface area contributed by atoms with Crippen molar-refractivity contribution >= 4 is 29.2 Å². The van der Waals surface area contributed by atoms with Crippen LogP contribution in [0.1, 0.15) is 15.9 Å². The number of carbonyl (C=O) groups excluding carboxylic acids is 1. The van der Waals surface area contributed by atoms with Crippen LogP contribution in [-0.4, -0.2) is 5.97 Å². The zero-order valence-electron chi connectivity index (χ0n) is 9.56. The van der Waals surface area contributed by atoms with Gasteiger partial charge in [0, 0.05) is 0 Å². The van der Waals surface area contributed by atoms with Gasteiger partial charge in [-0.1, -0.05) is 35.3 Å². The Kier molecular flexibility index (Phi) is 4.06. The Morgan fingerprint density at radius 1 is 1.11 bits per heavy atom. The Morgan fingerprint density at radius 2 is 1.84 bits per heavy atom. The molecule has 0 bridgehead atoms. The van der Waals surface area contributed by atoms with Gasteiger partial charge < -0.3 is 4.74 Å². The molecular weight excluding hydrogens is 285 g/mol. The van der Waals surface area contributed by atoms with Crippen LogP contribution in [0.3, 0.4) is 0 Å². The van der Waals surface area contributed by atoms with Crippen molar-refractivity contribution in [2.24, 2.45) is 0 Å². The number of carbonyl (C=O) groups is 1. The second-order valence-electron chi connectivity index (χ2n) is 3.63. The molecule has 0 saturated heterocycles. The van der Waals surface area contributed by atoms with Gasteiger partial charge in [-0.05, 0) is 30.3 Å². The molecule has 0 aliphatic carbocycles. The van der Waals surface area contributed by atoms with Crippen molar-refractivity contribution in [1.82, 2.24) is 0 Å². The summed E-state index contributed by atoms with van der Waals surface area (Å²) in [5.74, 6) is -0.387. The lowest BCUT2D eigenvalue weighted by Crippen LogP contribution is -2.09. The Hall–Kier alpha value is -2.02. The Balaban J connectivity index is 2.26. The summed E-state index contributed by atoms with van der Waals surface area (Å²) < 4.78 is 5.15. The molecule has 3 nitrogen and oxygen atoms in total. The first-order valence-electron chi connectivity index (χ1n) is 5.28. The number of hydrogen-bond acceptors (Lipinski definition) is 3. The van der Waals surface area contributed by atoms with Crippen molar-refractivity contribution in [3.05, 3.63) is 63.6 Å². The maximum absolute atomic E-state index is 11.9. The minimum absolute atomic E-state index is 0.209. The molecule has 0 radical (unpaired) electrons. The molecule has 0 fully saturated rings. The predicted molar refractivity (Wildman–Crippen MR) is 72.6 cm³/mol. The van der Waals surface area contributed by atoms with E-state index in [0.717, 1.165) is 0 Å². The van der Waals surface area contributed by atoms with Crippen LogP contribution in [0.4, 0.5) is 0 Å². The molecule has 19 heavy (non-hydrogen) atoms. The summed E-state index contributed by atoms with van der Waals surface area (Å²) in [7, 11) is 0. The van der Waals surface area contributed by atoms with Crippen LogP contribution < -0.4 is 4.74 Å². The molecule has 0 amide bonds. The maximum Gasteiger partial charge on any atom is 0.343 e. The molecule has 0 spiro atoms. The summed E-state index contributed by atoms with van der Waals surface area (Å²) in [6, 6.07) is 12.9. The number of halogens is 2. The first kappa shape index (κ1) is 13.4. The average molecular weight is 292 g/mol. The zero-order valence-corrected chi connectivity index (χ0v) is 11.1. The van der Waals surface area contributed by atoms with Crippen LogP contribution in [0.25, 0.3) is 0 Å². The highest BCUT2D eigenvalue weighted by Crippen LogP contribution is 2.24. The van der Waals surface area contributed by atoms with E-state index in [1.54, 1.807) is 24.3 Å². The molecule has 0 unspecified atom stereocenters. The minimum atomic E-state index is -0.596. The van der Waals surface area contributed by atoms with E-state index in [1.165, 1.54) is 18.2 Å². The number of para-hydroxylation sites is 1. The zero-order chi connectivity index (χ0) is 13.8. The molecule has 2 aromatic rings. The number of esters is 1. The predicted octanol–water partition coefficient (Wildman–Crippen LogP) is 4.08. The largest absolute Gasteiger partial charge is 0.422 e. The van der Waals surface area contributed by atoms with Crippen molar-refractivity contribution in [2.45, 2.75) is 0 Å². The van der Waals surface area contributed by atoms with Crippen molar-refractivity contribution in [2.75, 3.05) is 0 Å². The van der Waals surface area contributed by atoms with Crippen LogP contribution in [0.2, 0.25) is 10.0 Å². The molecule has 2 rings (SSSR count). The van der Waals surface area contributed by atoms with Crippen LogP contribution in [0.15, 0.2) is 42.5 Å². The lowest BCUT2D eigenvalue weighted by molar-refractivity contribution is 0.0734. The molecule has 0 saturated carbocycles. The average Bonchev–Trinajstić information content (AvgIpc) is 2.42.